The van der Waals surface area contributed by atoms with Gasteiger partial charge in [-0.25, -0.2) is 0 Å². The molecular formula is C23H15NOS2. The van der Waals surface area contributed by atoms with Gasteiger partial charge in [-0.2, -0.15) is 0 Å². The van der Waals surface area contributed by atoms with Gasteiger partial charge in [0.2, 0.25) is 0 Å². The van der Waals surface area contributed by atoms with Crippen LogP contribution in [0.15, 0.2) is 94.7 Å². The van der Waals surface area contributed by atoms with Gasteiger partial charge in [0.15, 0.2) is 6.29 Å². The Kier molecular flexibility index (Phi) is 4.07. The van der Waals surface area contributed by atoms with Crippen LogP contribution in [0.4, 0.5) is 17.1 Å². The van der Waals surface area contributed by atoms with Gasteiger partial charge in [-0.1, -0.05) is 48.2 Å². The van der Waals surface area contributed by atoms with E-state index in [0.717, 1.165) is 27.3 Å². The summed E-state index contributed by atoms with van der Waals surface area (Å²) in [6.07, 6.45) is 0.911. The average Bonchev–Trinajstić information content (AvgIpc) is 3.21. The zero-order valence-corrected chi connectivity index (χ0v) is 16.0. The molecule has 0 amide bonds. The fraction of sp³-hybridized carbons (Fsp3) is 0. The number of anilines is 3. The van der Waals surface area contributed by atoms with E-state index in [1.807, 2.05) is 18.2 Å². The number of fused-ring (bicyclic) bond motifs is 2. The second kappa shape index (κ2) is 6.72. The summed E-state index contributed by atoms with van der Waals surface area (Å²) in [5.74, 6) is 0. The van der Waals surface area contributed by atoms with Gasteiger partial charge in [-0.3, -0.25) is 4.79 Å². The summed E-state index contributed by atoms with van der Waals surface area (Å²) < 4.78 is 0. The molecule has 0 saturated carbocycles. The molecule has 0 saturated heterocycles. The average molecular weight is 386 g/mol. The Bertz CT molecular complexity index is 1130. The Morgan fingerprint density at radius 3 is 2.33 bits per heavy atom. The Balaban J connectivity index is 1.66. The summed E-state index contributed by atoms with van der Waals surface area (Å²) in [5.41, 5.74) is 4.68. The van der Waals surface area contributed by atoms with Crippen molar-refractivity contribution in [2.75, 3.05) is 4.90 Å². The number of nitrogens with zero attached hydrogens (tertiary/aromatic N) is 1. The van der Waals surface area contributed by atoms with Crippen LogP contribution in [0.3, 0.4) is 0 Å². The van der Waals surface area contributed by atoms with E-state index in [2.05, 4.69) is 71.6 Å². The van der Waals surface area contributed by atoms with Crippen molar-refractivity contribution in [3.8, 4) is 10.4 Å². The number of hydrogen-bond donors (Lipinski definition) is 0. The Labute approximate surface area is 166 Å². The van der Waals surface area contributed by atoms with Gasteiger partial charge >= 0.3 is 0 Å². The molecule has 1 aliphatic rings. The number of para-hydroxylation sites is 2. The first-order valence-corrected chi connectivity index (χ1v) is 10.3. The molecule has 1 aromatic heterocycles. The van der Waals surface area contributed by atoms with E-state index in [-0.39, 0.29) is 0 Å². The highest BCUT2D eigenvalue weighted by Gasteiger charge is 2.24. The van der Waals surface area contributed by atoms with Crippen molar-refractivity contribution < 1.29 is 4.79 Å². The Morgan fingerprint density at radius 2 is 1.52 bits per heavy atom. The third kappa shape index (κ3) is 2.87. The molecule has 2 heterocycles. The molecule has 0 radical (unpaired) electrons. The predicted octanol–water partition coefficient (Wildman–Crippen LogP) is 7.16. The maximum absolute atomic E-state index is 11.0. The SMILES string of the molecule is O=Cc1ccc(-c2ccc3c(c2)Sc2ccccc2N3c2ccccc2)s1. The molecule has 130 valence electrons. The number of benzene rings is 3. The zero-order chi connectivity index (χ0) is 18.2. The van der Waals surface area contributed by atoms with Crippen LogP contribution in [0, 0.1) is 0 Å². The van der Waals surface area contributed by atoms with E-state index in [0.29, 0.717) is 0 Å². The second-order valence-electron chi connectivity index (χ2n) is 6.24. The minimum atomic E-state index is 0.756. The molecule has 0 N–H and O–H groups in total. The largest absolute Gasteiger partial charge is 0.308 e. The highest BCUT2D eigenvalue weighted by molar-refractivity contribution is 7.99. The van der Waals surface area contributed by atoms with Crippen LogP contribution in [0.25, 0.3) is 10.4 Å². The van der Waals surface area contributed by atoms with Crippen LogP contribution in [-0.4, -0.2) is 6.29 Å². The number of rotatable bonds is 3. The molecule has 4 aromatic rings. The van der Waals surface area contributed by atoms with Crippen molar-refractivity contribution in [2.24, 2.45) is 0 Å². The van der Waals surface area contributed by atoms with Crippen LogP contribution in [0.1, 0.15) is 9.67 Å². The molecule has 5 rings (SSSR count). The maximum Gasteiger partial charge on any atom is 0.160 e. The van der Waals surface area contributed by atoms with Gasteiger partial charge in [-0.05, 0) is 54.1 Å². The van der Waals surface area contributed by atoms with Gasteiger partial charge in [0.25, 0.3) is 0 Å². The predicted molar refractivity (Wildman–Crippen MR) is 114 cm³/mol. The van der Waals surface area contributed by atoms with Gasteiger partial charge < -0.3 is 4.90 Å². The van der Waals surface area contributed by atoms with E-state index >= 15 is 0 Å². The molecule has 0 atom stereocenters. The van der Waals surface area contributed by atoms with Gasteiger partial charge in [0, 0.05) is 20.4 Å². The summed E-state index contributed by atoms with van der Waals surface area (Å²) in [4.78, 5) is 17.7. The summed E-state index contributed by atoms with van der Waals surface area (Å²) in [6, 6.07) is 29.4. The lowest BCUT2D eigenvalue weighted by molar-refractivity contribution is 0.112. The number of hydrogen-bond acceptors (Lipinski definition) is 4. The third-order valence-electron chi connectivity index (χ3n) is 4.57. The fourth-order valence-corrected chi connectivity index (χ4v) is 5.25. The minimum Gasteiger partial charge on any atom is -0.308 e. The van der Waals surface area contributed by atoms with Crippen molar-refractivity contribution in [3.05, 3.63) is 89.8 Å². The van der Waals surface area contributed by atoms with Crippen molar-refractivity contribution in [2.45, 2.75) is 9.79 Å². The van der Waals surface area contributed by atoms with E-state index in [9.17, 15) is 4.79 Å². The molecule has 0 bridgehead atoms. The molecule has 1 aliphatic heterocycles. The number of carbonyl (C=O) groups excluding carboxylic acids is 1. The smallest absolute Gasteiger partial charge is 0.160 e. The highest BCUT2D eigenvalue weighted by atomic mass is 32.2. The first-order chi connectivity index (χ1) is 13.3. The first kappa shape index (κ1) is 16.4. The topological polar surface area (TPSA) is 20.3 Å². The third-order valence-corrected chi connectivity index (χ3v) is 6.74. The minimum absolute atomic E-state index is 0.756. The molecule has 0 spiro atoms. The maximum atomic E-state index is 11.0. The lowest BCUT2D eigenvalue weighted by Crippen LogP contribution is -2.14. The number of aldehydes is 1. The second-order valence-corrected chi connectivity index (χ2v) is 8.44. The van der Waals surface area contributed by atoms with Crippen molar-refractivity contribution >= 4 is 46.4 Å². The molecule has 0 unspecified atom stereocenters. The number of thiophene rings is 1. The van der Waals surface area contributed by atoms with Crippen LogP contribution in [0.2, 0.25) is 0 Å². The van der Waals surface area contributed by atoms with Gasteiger partial charge in [-0.15, -0.1) is 11.3 Å². The van der Waals surface area contributed by atoms with Crippen molar-refractivity contribution in [3.63, 3.8) is 0 Å². The first-order valence-electron chi connectivity index (χ1n) is 8.65. The van der Waals surface area contributed by atoms with Crippen LogP contribution in [0.5, 0.6) is 0 Å². The molecule has 27 heavy (non-hydrogen) atoms. The lowest BCUT2D eigenvalue weighted by atomic mass is 10.1. The molecule has 2 nitrogen and oxygen atoms in total. The van der Waals surface area contributed by atoms with E-state index in [1.54, 1.807) is 11.8 Å². The summed E-state index contributed by atoms with van der Waals surface area (Å²) in [5, 5.41) is 0. The quantitative estimate of drug-likeness (QED) is 0.307. The molecule has 3 aromatic carbocycles. The van der Waals surface area contributed by atoms with Crippen LogP contribution < -0.4 is 4.90 Å². The van der Waals surface area contributed by atoms with Crippen LogP contribution in [-0.2, 0) is 0 Å². The Hall–Kier alpha value is -2.82. The van der Waals surface area contributed by atoms with E-state index in [4.69, 9.17) is 0 Å². The zero-order valence-electron chi connectivity index (χ0n) is 14.3. The van der Waals surface area contributed by atoms with Crippen LogP contribution >= 0.6 is 23.1 Å². The summed E-state index contributed by atoms with van der Waals surface area (Å²) in [7, 11) is 0. The highest BCUT2D eigenvalue weighted by Crippen LogP contribution is 2.52. The normalized spacial score (nSPS) is 12.4. The summed E-state index contributed by atoms with van der Waals surface area (Å²) in [6.45, 7) is 0. The van der Waals surface area contributed by atoms with E-state index in [1.165, 1.54) is 32.5 Å². The van der Waals surface area contributed by atoms with E-state index < -0.39 is 0 Å². The molecule has 0 aliphatic carbocycles. The van der Waals surface area contributed by atoms with Crippen molar-refractivity contribution in [1.29, 1.82) is 0 Å². The summed E-state index contributed by atoms with van der Waals surface area (Å²) >= 11 is 3.32. The lowest BCUT2D eigenvalue weighted by Gasteiger charge is -2.33. The molecule has 0 fully saturated rings. The standard InChI is InChI=1S/C23H15NOS2/c25-15-18-11-13-21(26-18)16-10-12-20-23(14-16)27-22-9-5-4-8-19(22)24(20)17-6-2-1-3-7-17/h1-15H. The van der Waals surface area contributed by atoms with Gasteiger partial charge in [0.05, 0.1) is 16.3 Å². The fourth-order valence-electron chi connectivity index (χ4n) is 3.34. The van der Waals surface area contributed by atoms with Gasteiger partial charge in [0.1, 0.15) is 0 Å². The van der Waals surface area contributed by atoms with Crippen molar-refractivity contribution in [1.82, 2.24) is 0 Å². The monoisotopic (exact) mass is 385 g/mol. The number of carbonyl (C=O) groups is 1. The molecular weight excluding hydrogens is 370 g/mol. The molecule has 4 heteroatoms. The Morgan fingerprint density at radius 1 is 0.741 bits per heavy atom.